The van der Waals surface area contributed by atoms with E-state index in [-0.39, 0.29) is 17.9 Å². The molecular formula is C15H20FN3S. The predicted molar refractivity (Wildman–Crippen MR) is 81.0 cm³/mol. The number of hydrogen-bond acceptors (Lipinski definition) is 4. The molecule has 2 N–H and O–H groups in total. The van der Waals surface area contributed by atoms with Crippen molar-refractivity contribution in [1.29, 1.82) is 0 Å². The van der Waals surface area contributed by atoms with Crippen LogP contribution in [0.2, 0.25) is 0 Å². The number of thiazole rings is 1. The van der Waals surface area contributed by atoms with Gasteiger partial charge in [-0.2, -0.15) is 0 Å². The van der Waals surface area contributed by atoms with Crippen molar-refractivity contribution in [2.45, 2.75) is 32.0 Å². The molecule has 0 radical (unpaired) electrons. The van der Waals surface area contributed by atoms with Crippen molar-refractivity contribution in [3.05, 3.63) is 52.2 Å². The van der Waals surface area contributed by atoms with Crippen molar-refractivity contribution in [2.75, 3.05) is 7.05 Å². The summed E-state index contributed by atoms with van der Waals surface area (Å²) in [5, 5.41) is 2.02. The summed E-state index contributed by atoms with van der Waals surface area (Å²) in [5.41, 5.74) is 10.00. The minimum Gasteiger partial charge on any atom is -0.326 e. The van der Waals surface area contributed by atoms with Crippen LogP contribution in [0.15, 0.2) is 35.2 Å². The molecule has 2 unspecified atom stereocenters. The van der Waals surface area contributed by atoms with Gasteiger partial charge < -0.3 is 5.73 Å². The van der Waals surface area contributed by atoms with E-state index in [0.29, 0.717) is 6.54 Å². The predicted octanol–water partition coefficient (Wildman–Crippen LogP) is 3.19. The fourth-order valence-corrected chi connectivity index (χ4v) is 2.96. The number of benzene rings is 1. The molecule has 0 saturated carbocycles. The lowest BCUT2D eigenvalue weighted by atomic mass is 9.96. The average Bonchev–Trinajstić information content (AvgIpc) is 2.91. The second-order valence-corrected chi connectivity index (χ2v) is 5.69. The summed E-state index contributed by atoms with van der Waals surface area (Å²) in [4.78, 5) is 6.43. The highest BCUT2D eigenvalue weighted by molar-refractivity contribution is 7.07. The molecular weight excluding hydrogens is 273 g/mol. The number of hydrogen-bond donors (Lipinski definition) is 1. The quantitative estimate of drug-likeness (QED) is 0.889. The highest BCUT2D eigenvalue weighted by atomic mass is 32.1. The van der Waals surface area contributed by atoms with Crippen LogP contribution in [0, 0.1) is 5.82 Å². The lowest BCUT2D eigenvalue weighted by molar-refractivity contribution is 0.199. The van der Waals surface area contributed by atoms with E-state index in [4.69, 9.17) is 5.73 Å². The maximum atomic E-state index is 13.5. The number of nitrogens with two attached hydrogens (primary N) is 1. The fourth-order valence-electron chi connectivity index (χ4n) is 2.41. The monoisotopic (exact) mass is 293 g/mol. The van der Waals surface area contributed by atoms with Crippen molar-refractivity contribution in [1.82, 2.24) is 9.88 Å². The van der Waals surface area contributed by atoms with Gasteiger partial charge in [-0.15, -0.1) is 11.3 Å². The zero-order valence-electron chi connectivity index (χ0n) is 11.8. The minimum absolute atomic E-state index is 0.0163. The molecule has 5 heteroatoms. The van der Waals surface area contributed by atoms with E-state index in [1.807, 2.05) is 30.9 Å². The van der Waals surface area contributed by atoms with E-state index < -0.39 is 0 Å². The maximum absolute atomic E-state index is 13.5. The van der Waals surface area contributed by atoms with Crippen molar-refractivity contribution in [3.8, 4) is 0 Å². The summed E-state index contributed by atoms with van der Waals surface area (Å²) in [7, 11) is 2.00. The number of likely N-dealkylation sites (N-methyl/N-ethyl adjacent to an activating group) is 1. The molecule has 0 aliphatic carbocycles. The van der Waals surface area contributed by atoms with Crippen LogP contribution in [-0.2, 0) is 6.54 Å². The number of rotatable bonds is 6. The normalized spacial score (nSPS) is 14.4. The Kier molecular flexibility index (Phi) is 5.23. The van der Waals surface area contributed by atoms with E-state index in [1.165, 1.54) is 6.07 Å². The molecule has 2 aromatic rings. The Morgan fingerprint density at radius 3 is 2.85 bits per heavy atom. The van der Waals surface area contributed by atoms with Gasteiger partial charge in [-0.1, -0.05) is 19.1 Å². The van der Waals surface area contributed by atoms with E-state index in [0.717, 1.165) is 17.7 Å². The summed E-state index contributed by atoms with van der Waals surface area (Å²) >= 11 is 1.58. The van der Waals surface area contributed by atoms with Gasteiger partial charge in [-0.3, -0.25) is 4.90 Å². The summed E-state index contributed by atoms with van der Waals surface area (Å²) in [6.45, 7) is 2.76. The van der Waals surface area contributed by atoms with Crippen LogP contribution in [0.1, 0.15) is 30.6 Å². The molecule has 1 heterocycles. The highest BCUT2D eigenvalue weighted by Gasteiger charge is 2.23. The summed E-state index contributed by atoms with van der Waals surface area (Å²) in [6, 6.07) is 6.63. The molecule has 0 amide bonds. The van der Waals surface area contributed by atoms with E-state index in [2.05, 4.69) is 9.88 Å². The van der Waals surface area contributed by atoms with E-state index in [1.54, 1.807) is 23.5 Å². The van der Waals surface area contributed by atoms with Gasteiger partial charge in [0.1, 0.15) is 5.82 Å². The van der Waals surface area contributed by atoms with E-state index in [9.17, 15) is 4.39 Å². The molecule has 0 aliphatic heterocycles. The molecule has 2 atom stereocenters. The Morgan fingerprint density at radius 2 is 2.25 bits per heavy atom. The fraction of sp³-hybridized carbons (Fsp3) is 0.400. The second kappa shape index (κ2) is 6.92. The van der Waals surface area contributed by atoms with Crippen molar-refractivity contribution in [2.24, 2.45) is 5.73 Å². The third kappa shape index (κ3) is 3.62. The molecule has 20 heavy (non-hydrogen) atoms. The Labute approximate surface area is 123 Å². The molecule has 0 saturated heterocycles. The Morgan fingerprint density at radius 1 is 1.45 bits per heavy atom. The number of aromatic nitrogens is 1. The molecule has 3 nitrogen and oxygen atoms in total. The zero-order valence-corrected chi connectivity index (χ0v) is 12.6. The standard InChI is InChI=1S/C15H20FN3S/c1-3-14(17)15(11-5-4-6-12(16)7-11)19(2)8-13-9-20-10-18-13/h4-7,9-10,14-15H,3,8,17H2,1-2H3. The first-order valence-electron chi connectivity index (χ1n) is 6.70. The van der Waals surface area contributed by atoms with Crippen LogP contribution in [0.5, 0.6) is 0 Å². The minimum atomic E-state index is -0.224. The van der Waals surface area contributed by atoms with Gasteiger partial charge in [-0.25, -0.2) is 9.37 Å². The second-order valence-electron chi connectivity index (χ2n) is 4.97. The van der Waals surface area contributed by atoms with Crippen molar-refractivity contribution in [3.63, 3.8) is 0 Å². The lowest BCUT2D eigenvalue weighted by Gasteiger charge is -2.32. The summed E-state index contributed by atoms with van der Waals surface area (Å²) in [5.74, 6) is -0.224. The van der Waals surface area contributed by atoms with Gasteiger partial charge in [0.05, 0.1) is 17.2 Å². The van der Waals surface area contributed by atoms with Gasteiger partial charge in [0.2, 0.25) is 0 Å². The van der Waals surface area contributed by atoms with Crippen LogP contribution in [0.4, 0.5) is 4.39 Å². The van der Waals surface area contributed by atoms with E-state index >= 15 is 0 Å². The topological polar surface area (TPSA) is 42.1 Å². The van der Waals surface area contributed by atoms with Crippen LogP contribution in [0.25, 0.3) is 0 Å². The first-order valence-corrected chi connectivity index (χ1v) is 7.64. The first kappa shape index (κ1) is 15.1. The Hall–Kier alpha value is -1.30. The van der Waals surface area contributed by atoms with Crippen molar-refractivity contribution < 1.29 is 4.39 Å². The molecule has 1 aromatic heterocycles. The van der Waals surface area contributed by atoms with Crippen molar-refractivity contribution >= 4 is 11.3 Å². The zero-order chi connectivity index (χ0) is 14.5. The largest absolute Gasteiger partial charge is 0.326 e. The maximum Gasteiger partial charge on any atom is 0.123 e. The number of nitrogens with zero attached hydrogens (tertiary/aromatic N) is 2. The SMILES string of the molecule is CCC(N)C(c1cccc(F)c1)N(C)Cc1cscn1. The average molecular weight is 293 g/mol. The third-order valence-electron chi connectivity index (χ3n) is 3.44. The third-order valence-corrected chi connectivity index (χ3v) is 4.07. The van der Waals surface area contributed by atoms with Gasteiger partial charge >= 0.3 is 0 Å². The molecule has 0 aliphatic rings. The van der Waals surface area contributed by atoms with Gasteiger partial charge in [0, 0.05) is 18.0 Å². The van der Waals surface area contributed by atoms with Crippen LogP contribution in [-0.4, -0.2) is 23.0 Å². The highest BCUT2D eigenvalue weighted by Crippen LogP contribution is 2.26. The number of halogens is 1. The molecule has 0 bridgehead atoms. The molecule has 108 valence electrons. The lowest BCUT2D eigenvalue weighted by Crippen LogP contribution is -2.38. The summed E-state index contributed by atoms with van der Waals surface area (Å²) < 4.78 is 13.5. The molecule has 1 aromatic carbocycles. The first-order chi connectivity index (χ1) is 9.61. The summed E-state index contributed by atoms with van der Waals surface area (Å²) in [6.07, 6.45) is 0.836. The molecule has 0 spiro atoms. The van der Waals surface area contributed by atoms with Gasteiger partial charge in [0.15, 0.2) is 0 Å². The van der Waals surface area contributed by atoms with Crippen LogP contribution in [0.3, 0.4) is 0 Å². The van der Waals surface area contributed by atoms with Gasteiger partial charge in [0.25, 0.3) is 0 Å². The Balaban J connectivity index is 2.23. The van der Waals surface area contributed by atoms with Gasteiger partial charge in [-0.05, 0) is 31.2 Å². The van der Waals surface area contributed by atoms with Crippen LogP contribution >= 0.6 is 11.3 Å². The molecule has 2 rings (SSSR count). The van der Waals surface area contributed by atoms with Crippen LogP contribution < -0.4 is 5.73 Å². The Bertz CT molecular complexity index is 530. The smallest absolute Gasteiger partial charge is 0.123 e. The molecule has 0 fully saturated rings.